The number of pyridine rings is 1. The number of amides is 1. The summed E-state index contributed by atoms with van der Waals surface area (Å²) in [4.78, 5) is 27.3. The molecule has 0 aliphatic carbocycles. The van der Waals surface area contributed by atoms with Crippen molar-refractivity contribution in [1.29, 1.82) is 0 Å². The zero-order chi connectivity index (χ0) is 15.2. The highest BCUT2D eigenvalue weighted by molar-refractivity contribution is 9.10. The Kier molecular flexibility index (Phi) is 4.89. The van der Waals surface area contributed by atoms with Gasteiger partial charge in [-0.1, -0.05) is 12.1 Å². The molecule has 0 atom stereocenters. The molecule has 0 aliphatic heterocycles. The molecule has 7 heteroatoms. The molecule has 0 radical (unpaired) electrons. The highest BCUT2D eigenvalue weighted by Gasteiger charge is 2.14. The number of aromatic nitrogens is 1. The summed E-state index contributed by atoms with van der Waals surface area (Å²) in [6.45, 7) is -0.408. The van der Waals surface area contributed by atoms with Crippen LogP contribution in [0.3, 0.4) is 0 Å². The molecule has 108 valence electrons. The van der Waals surface area contributed by atoms with Gasteiger partial charge in [-0.3, -0.25) is 4.79 Å². The molecule has 1 heterocycles. The molecule has 3 N–H and O–H groups in total. The number of halogens is 1. The van der Waals surface area contributed by atoms with Crippen molar-refractivity contribution in [3.05, 3.63) is 52.6 Å². The molecule has 1 aromatic heterocycles. The molecular formula is C14H12BrN3O3. The van der Waals surface area contributed by atoms with Gasteiger partial charge in [-0.05, 0) is 40.2 Å². The number of nitrogens with two attached hydrogens (primary N) is 1. The lowest BCUT2D eigenvalue weighted by Gasteiger charge is -2.08. The SMILES string of the molecule is Nc1ncccc1C(=O)OCC(=O)Nc1ccccc1Br. The van der Waals surface area contributed by atoms with E-state index in [4.69, 9.17) is 10.5 Å². The second-order valence-electron chi connectivity index (χ2n) is 4.04. The topological polar surface area (TPSA) is 94.3 Å². The fourth-order valence-electron chi connectivity index (χ4n) is 1.55. The number of nitrogens with zero attached hydrogens (tertiary/aromatic N) is 1. The minimum atomic E-state index is -0.692. The average molecular weight is 350 g/mol. The number of rotatable bonds is 4. The lowest BCUT2D eigenvalue weighted by Crippen LogP contribution is -2.21. The molecule has 0 bridgehead atoms. The fraction of sp³-hybridized carbons (Fsp3) is 0.0714. The molecule has 6 nitrogen and oxygen atoms in total. The van der Waals surface area contributed by atoms with E-state index in [9.17, 15) is 9.59 Å². The van der Waals surface area contributed by atoms with Gasteiger partial charge in [-0.15, -0.1) is 0 Å². The van der Waals surface area contributed by atoms with Crippen molar-refractivity contribution >= 4 is 39.3 Å². The minimum absolute atomic E-state index is 0.0636. The van der Waals surface area contributed by atoms with Crippen LogP contribution in [0.15, 0.2) is 47.1 Å². The summed E-state index contributed by atoms with van der Waals surface area (Å²) in [5.41, 5.74) is 6.28. The van der Waals surface area contributed by atoms with Crippen LogP contribution in [0, 0.1) is 0 Å². The van der Waals surface area contributed by atoms with E-state index in [1.807, 2.05) is 6.07 Å². The zero-order valence-corrected chi connectivity index (χ0v) is 12.5. The molecule has 0 aliphatic rings. The van der Waals surface area contributed by atoms with Crippen LogP contribution in [0.5, 0.6) is 0 Å². The van der Waals surface area contributed by atoms with Gasteiger partial charge in [-0.2, -0.15) is 0 Å². The van der Waals surface area contributed by atoms with E-state index in [2.05, 4.69) is 26.2 Å². The van der Waals surface area contributed by atoms with Gasteiger partial charge in [0.05, 0.1) is 5.69 Å². The van der Waals surface area contributed by atoms with Crippen molar-refractivity contribution in [3.63, 3.8) is 0 Å². The summed E-state index contributed by atoms with van der Waals surface area (Å²) in [5.74, 6) is -1.07. The van der Waals surface area contributed by atoms with Crippen LogP contribution < -0.4 is 11.1 Å². The third-order valence-corrected chi connectivity index (χ3v) is 3.23. The summed E-state index contributed by atoms with van der Waals surface area (Å²) in [6, 6.07) is 10.2. The van der Waals surface area contributed by atoms with Gasteiger partial charge in [-0.25, -0.2) is 9.78 Å². The molecule has 0 saturated heterocycles. The predicted molar refractivity (Wildman–Crippen MR) is 81.7 cm³/mol. The second kappa shape index (κ2) is 6.85. The maximum atomic E-state index is 11.8. The van der Waals surface area contributed by atoms with Gasteiger partial charge in [0.1, 0.15) is 11.4 Å². The van der Waals surface area contributed by atoms with Crippen molar-refractivity contribution in [2.75, 3.05) is 17.7 Å². The number of anilines is 2. The number of hydrogen-bond acceptors (Lipinski definition) is 5. The summed E-state index contributed by atoms with van der Waals surface area (Å²) in [5, 5.41) is 2.62. The van der Waals surface area contributed by atoms with Gasteiger partial charge in [0, 0.05) is 10.7 Å². The molecular weight excluding hydrogens is 338 g/mol. The number of nitrogen functional groups attached to an aromatic ring is 1. The van der Waals surface area contributed by atoms with E-state index in [0.29, 0.717) is 5.69 Å². The molecule has 1 amide bonds. The van der Waals surface area contributed by atoms with E-state index in [-0.39, 0.29) is 11.4 Å². The quantitative estimate of drug-likeness (QED) is 0.825. The first-order valence-electron chi connectivity index (χ1n) is 6.00. The van der Waals surface area contributed by atoms with Crippen molar-refractivity contribution in [2.45, 2.75) is 0 Å². The van der Waals surface area contributed by atoms with Gasteiger partial charge in [0.25, 0.3) is 5.91 Å². The molecule has 2 aromatic rings. The summed E-state index contributed by atoms with van der Waals surface area (Å²) in [6.07, 6.45) is 1.46. The standard InChI is InChI=1S/C14H12BrN3O3/c15-10-5-1-2-6-11(10)18-12(19)8-21-14(20)9-4-3-7-17-13(9)16/h1-7H,8H2,(H2,16,17)(H,18,19). The maximum absolute atomic E-state index is 11.8. The molecule has 2 rings (SSSR count). The van der Waals surface area contributed by atoms with Crippen LogP contribution in [0.2, 0.25) is 0 Å². The predicted octanol–water partition coefficient (Wildman–Crippen LogP) is 2.22. The maximum Gasteiger partial charge on any atom is 0.342 e. The summed E-state index contributed by atoms with van der Waals surface area (Å²) < 4.78 is 5.63. The number of esters is 1. The highest BCUT2D eigenvalue weighted by atomic mass is 79.9. The van der Waals surface area contributed by atoms with E-state index in [1.54, 1.807) is 24.3 Å². The van der Waals surface area contributed by atoms with E-state index in [1.165, 1.54) is 12.3 Å². The first-order valence-corrected chi connectivity index (χ1v) is 6.79. The number of hydrogen-bond donors (Lipinski definition) is 2. The van der Waals surface area contributed by atoms with Crippen molar-refractivity contribution in [3.8, 4) is 0 Å². The fourth-order valence-corrected chi connectivity index (χ4v) is 1.93. The molecule has 0 fully saturated rings. The van der Waals surface area contributed by atoms with Crippen LogP contribution in [-0.2, 0) is 9.53 Å². The van der Waals surface area contributed by atoms with Crippen molar-refractivity contribution < 1.29 is 14.3 Å². The van der Waals surface area contributed by atoms with Crippen LogP contribution in [-0.4, -0.2) is 23.5 Å². The highest BCUT2D eigenvalue weighted by Crippen LogP contribution is 2.21. The number of carbonyl (C=O) groups is 2. The van der Waals surface area contributed by atoms with Crippen molar-refractivity contribution in [1.82, 2.24) is 4.98 Å². The van der Waals surface area contributed by atoms with Crippen molar-refractivity contribution in [2.24, 2.45) is 0 Å². The van der Waals surface area contributed by atoms with Crippen LogP contribution in [0.25, 0.3) is 0 Å². The zero-order valence-electron chi connectivity index (χ0n) is 10.9. The van der Waals surface area contributed by atoms with E-state index < -0.39 is 18.5 Å². The average Bonchev–Trinajstić information content (AvgIpc) is 2.48. The van der Waals surface area contributed by atoms with E-state index >= 15 is 0 Å². The van der Waals surface area contributed by atoms with Gasteiger partial charge >= 0.3 is 5.97 Å². The van der Waals surface area contributed by atoms with Gasteiger partial charge in [0.15, 0.2) is 6.61 Å². The third kappa shape index (κ3) is 4.03. The largest absolute Gasteiger partial charge is 0.452 e. The Morgan fingerprint density at radius 3 is 2.71 bits per heavy atom. The third-order valence-electron chi connectivity index (χ3n) is 2.54. The summed E-state index contributed by atoms with van der Waals surface area (Å²) in [7, 11) is 0. The van der Waals surface area contributed by atoms with Gasteiger partial charge in [0.2, 0.25) is 0 Å². The number of nitrogens with one attached hydrogen (secondary N) is 1. The molecule has 1 aromatic carbocycles. The Bertz CT molecular complexity index is 676. The number of ether oxygens (including phenoxy) is 1. The molecule has 0 unspecified atom stereocenters. The number of para-hydroxylation sites is 1. The van der Waals surface area contributed by atoms with Crippen LogP contribution in [0.4, 0.5) is 11.5 Å². The van der Waals surface area contributed by atoms with Crippen LogP contribution in [0.1, 0.15) is 10.4 Å². The Labute approximate surface area is 129 Å². The minimum Gasteiger partial charge on any atom is -0.452 e. The number of benzene rings is 1. The second-order valence-corrected chi connectivity index (χ2v) is 4.89. The summed E-state index contributed by atoms with van der Waals surface area (Å²) >= 11 is 3.30. The van der Waals surface area contributed by atoms with Crippen LogP contribution >= 0.6 is 15.9 Å². The smallest absolute Gasteiger partial charge is 0.342 e. The van der Waals surface area contributed by atoms with Gasteiger partial charge < -0.3 is 15.8 Å². The Morgan fingerprint density at radius 1 is 1.24 bits per heavy atom. The Hall–Kier alpha value is -2.41. The Balaban J connectivity index is 1.91. The number of carbonyl (C=O) groups excluding carboxylic acids is 2. The molecule has 0 spiro atoms. The Morgan fingerprint density at radius 2 is 2.00 bits per heavy atom. The first-order chi connectivity index (χ1) is 10.1. The monoisotopic (exact) mass is 349 g/mol. The lowest BCUT2D eigenvalue weighted by atomic mass is 10.2. The normalized spacial score (nSPS) is 9.95. The lowest BCUT2D eigenvalue weighted by molar-refractivity contribution is -0.119. The first kappa shape index (κ1) is 15.0. The molecule has 21 heavy (non-hydrogen) atoms. The van der Waals surface area contributed by atoms with E-state index in [0.717, 1.165) is 4.47 Å². The molecule has 0 saturated carbocycles.